The van der Waals surface area contributed by atoms with E-state index < -0.39 is 0 Å². The largest absolute Gasteiger partial charge is 0.438 e. The Labute approximate surface area is 82.1 Å². The molecule has 0 aromatic carbocycles. The van der Waals surface area contributed by atoms with Gasteiger partial charge in [-0.05, 0) is 12.3 Å². The highest BCUT2D eigenvalue weighted by Crippen LogP contribution is 2.15. The smallest absolute Gasteiger partial charge is 0.196 e. The number of carbonyl (C=O) groups is 1. The fourth-order valence-corrected chi connectivity index (χ4v) is 1.41. The maximum atomic E-state index is 10.3. The monoisotopic (exact) mass is 199 g/mol. The zero-order valence-corrected chi connectivity index (χ0v) is 8.63. The van der Waals surface area contributed by atoms with Gasteiger partial charge in [0.25, 0.3) is 0 Å². The average Bonchev–Trinajstić information content (AvgIpc) is 2.62. The van der Waals surface area contributed by atoms with Crippen LogP contribution in [0.1, 0.15) is 10.6 Å². The lowest BCUT2D eigenvalue weighted by molar-refractivity contribution is 0.110. The molecule has 3 nitrogen and oxygen atoms in total. The molecule has 0 saturated heterocycles. The van der Waals surface area contributed by atoms with Gasteiger partial charge in [-0.25, -0.2) is 0 Å². The Balaban J connectivity index is 2.54. The van der Waals surface area contributed by atoms with Gasteiger partial charge in [-0.3, -0.25) is 4.79 Å². The zero-order valence-electron chi connectivity index (χ0n) is 7.82. The first-order chi connectivity index (χ1) is 6.27. The van der Waals surface area contributed by atoms with Crippen molar-refractivity contribution >= 4 is 23.9 Å². The van der Waals surface area contributed by atoms with Gasteiger partial charge in [0.05, 0.1) is 0 Å². The summed E-state index contributed by atoms with van der Waals surface area (Å²) in [6.45, 7) is 0.924. The van der Waals surface area contributed by atoms with E-state index >= 15 is 0 Å². The van der Waals surface area contributed by atoms with Gasteiger partial charge in [0.1, 0.15) is 0 Å². The highest BCUT2D eigenvalue weighted by Gasteiger charge is 2.05. The molecule has 1 heterocycles. The number of rotatable bonds is 5. The molecule has 0 aliphatic rings. The molecule has 0 unspecified atom stereocenters. The Morgan fingerprint density at radius 2 is 2.38 bits per heavy atom. The molecule has 0 atom stereocenters. The minimum Gasteiger partial charge on any atom is -0.438 e. The highest BCUT2D eigenvalue weighted by atomic mass is 32.2. The molecule has 0 bridgehead atoms. The third-order valence-corrected chi connectivity index (χ3v) is 2.33. The van der Waals surface area contributed by atoms with E-state index in [1.165, 1.54) is 0 Å². The molecule has 0 saturated carbocycles. The fraction of sp³-hybridized carbons (Fsp3) is 0.444. The molecule has 0 fully saturated rings. The van der Waals surface area contributed by atoms with Crippen molar-refractivity contribution in [2.45, 2.75) is 0 Å². The van der Waals surface area contributed by atoms with E-state index in [0.717, 1.165) is 18.2 Å². The molecule has 0 aliphatic heterocycles. The Kier molecular flexibility index (Phi) is 3.89. The number of hydrogen-bond donors (Lipinski definition) is 0. The number of carbonyl (C=O) groups excluding carboxylic acids is 1. The van der Waals surface area contributed by atoms with Gasteiger partial charge in [-0.15, -0.1) is 0 Å². The van der Waals surface area contributed by atoms with Gasteiger partial charge in [0.2, 0.25) is 0 Å². The van der Waals surface area contributed by atoms with Crippen molar-refractivity contribution in [3.63, 3.8) is 0 Å². The van der Waals surface area contributed by atoms with Crippen LogP contribution in [-0.2, 0) is 0 Å². The summed E-state index contributed by atoms with van der Waals surface area (Å²) in [7, 11) is 1.95. The van der Waals surface area contributed by atoms with Gasteiger partial charge < -0.3 is 9.32 Å². The van der Waals surface area contributed by atoms with Crippen molar-refractivity contribution in [1.29, 1.82) is 0 Å². The highest BCUT2D eigenvalue weighted by molar-refractivity contribution is 7.98. The Bertz CT molecular complexity index is 272. The number of furan rings is 1. The average molecular weight is 199 g/mol. The summed E-state index contributed by atoms with van der Waals surface area (Å²) < 4.78 is 5.24. The predicted molar refractivity (Wildman–Crippen MR) is 55.7 cm³/mol. The number of anilines is 1. The summed E-state index contributed by atoms with van der Waals surface area (Å²) >= 11 is 1.78. The summed E-state index contributed by atoms with van der Waals surface area (Å²) in [5, 5.41) is 0. The fourth-order valence-electron chi connectivity index (χ4n) is 0.949. The van der Waals surface area contributed by atoms with Crippen LogP contribution in [0, 0.1) is 0 Å². The predicted octanol–water partition coefficient (Wildman–Crippen LogP) is 1.89. The maximum absolute atomic E-state index is 10.3. The first-order valence-corrected chi connectivity index (χ1v) is 5.42. The molecule has 1 aromatic heterocycles. The third-order valence-electron chi connectivity index (χ3n) is 1.74. The standard InChI is InChI=1S/C9H13NO2S/c1-10(5-6-13-2)9-4-3-8(7-11)12-9/h3-4,7H,5-6H2,1-2H3. The molecule has 0 spiro atoms. The molecule has 1 aromatic rings. The van der Waals surface area contributed by atoms with Crippen LogP contribution in [0.15, 0.2) is 16.5 Å². The van der Waals surface area contributed by atoms with Crippen LogP contribution in [0.3, 0.4) is 0 Å². The van der Waals surface area contributed by atoms with Crippen LogP contribution in [-0.4, -0.2) is 31.9 Å². The lowest BCUT2D eigenvalue weighted by Crippen LogP contribution is -2.19. The molecule has 4 heteroatoms. The first kappa shape index (κ1) is 10.2. The topological polar surface area (TPSA) is 33.5 Å². The van der Waals surface area contributed by atoms with Crippen LogP contribution < -0.4 is 4.90 Å². The second-order valence-electron chi connectivity index (χ2n) is 2.71. The SMILES string of the molecule is CSCCN(C)c1ccc(C=O)o1. The van der Waals surface area contributed by atoms with Gasteiger partial charge in [-0.2, -0.15) is 11.8 Å². The van der Waals surface area contributed by atoms with Gasteiger partial charge in [0.15, 0.2) is 17.9 Å². The van der Waals surface area contributed by atoms with Crippen LogP contribution in [0.2, 0.25) is 0 Å². The molecule has 0 amide bonds. The Hall–Kier alpha value is -0.900. The second kappa shape index (κ2) is 4.97. The van der Waals surface area contributed by atoms with Gasteiger partial charge in [-0.1, -0.05) is 0 Å². The molecular weight excluding hydrogens is 186 g/mol. The molecule has 13 heavy (non-hydrogen) atoms. The van der Waals surface area contributed by atoms with E-state index in [1.807, 2.05) is 18.0 Å². The van der Waals surface area contributed by atoms with E-state index in [9.17, 15) is 4.79 Å². The molecule has 0 N–H and O–H groups in total. The Morgan fingerprint density at radius 1 is 1.62 bits per heavy atom. The maximum Gasteiger partial charge on any atom is 0.196 e. The minimum absolute atomic E-state index is 0.381. The van der Waals surface area contributed by atoms with Gasteiger partial charge >= 0.3 is 0 Å². The van der Waals surface area contributed by atoms with Crippen LogP contribution in [0.5, 0.6) is 0 Å². The zero-order chi connectivity index (χ0) is 9.68. The molecule has 1 rings (SSSR count). The van der Waals surface area contributed by atoms with Crippen molar-refractivity contribution in [2.24, 2.45) is 0 Å². The summed E-state index contributed by atoms with van der Waals surface area (Å²) in [6, 6.07) is 3.49. The molecular formula is C9H13NO2S. The first-order valence-electron chi connectivity index (χ1n) is 4.03. The normalized spacial score (nSPS) is 10.0. The molecule has 72 valence electrons. The van der Waals surface area contributed by atoms with Crippen molar-refractivity contribution in [3.8, 4) is 0 Å². The van der Waals surface area contributed by atoms with E-state index in [-0.39, 0.29) is 0 Å². The van der Waals surface area contributed by atoms with Crippen LogP contribution in [0.4, 0.5) is 5.88 Å². The molecule has 0 radical (unpaired) electrons. The number of thioether (sulfide) groups is 1. The quantitative estimate of drug-likeness (QED) is 0.678. The van der Waals surface area contributed by atoms with Crippen molar-refractivity contribution in [3.05, 3.63) is 17.9 Å². The Morgan fingerprint density at radius 3 is 2.92 bits per heavy atom. The number of nitrogens with zero attached hydrogens (tertiary/aromatic N) is 1. The van der Waals surface area contributed by atoms with Crippen molar-refractivity contribution in [2.75, 3.05) is 30.5 Å². The summed E-state index contributed by atoms with van der Waals surface area (Å²) in [5.41, 5.74) is 0. The van der Waals surface area contributed by atoms with E-state index in [2.05, 4.69) is 6.26 Å². The van der Waals surface area contributed by atoms with E-state index in [0.29, 0.717) is 12.0 Å². The summed E-state index contributed by atoms with van der Waals surface area (Å²) in [6.07, 6.45) is 2.78. The summed E-state index contributed by atoms with van der Waals surface area (Å²) in [5.74, 6) is 2.18. The lowest BCUT2D eigenvalue weighted by Gasteiger charge is -2.14. The molecule has 0 aliphatic carbocycles. The minimum atomic E-state index is 0.381. The van der Waals surface area contributed by atoms with Crippen LogP contribution >= 0.6 is 11.8 Å². The van der Waals surface area contributed by atoms with Crippen LogP contribution in [0.25, 0.3) is 0 Å². The second-order valence-corrected chi connectivity index (χ2v) is 3.69. The van der Waals surface area contributed by atoms with E-state index in [1.54, 1.807) is 17.8 Å². The van der Waals surface area contributed by atoms with E-state index in [4.69, 9.17) is 4.42 Å². The van der Waals surface area contributed by atoms with Crippen molar-refractivity contribution < 1.29 is 9.21 Å². The van der Waals surface area contributed by atoms with Crippen molar-refractivity contribution in [1.82, 2.24) is 0 Å². The van der Waals surface area contributed by atoms with Gasteiger partial charge in [0, 0.05) is 25.4 Å². The number of hydrogen-bond acceptors (Lipinski definition) is 4. The number of aldehydes is 1. The lowest BCUT2D eigenvalue weighted by atomic mass is 10.5. The summed E-state index contributed by atoms with van der Waals surface area (Å²) in [4.78, 5) is 12.3. The third kappa shape index (κ3) is 2.81.